The Hall–Kier alpha value is -1.32. The Morgan fingerprint density at radius 3 is 1.96 bits per heavy atom. The standard InChI is InChI=1S/C20H35N3O/c1-18(2,3)13-14-12(16(21)24)10-11-23(14)17(20(7,8)9)22-15(13)19(4,5)6/h12,15H,10-11H2,1-9H3,(H2,21,24). The summed E-state index contributed by atoms with van der Waals surface area (Å²) in [6.45, 7) is 20.8. The molecule has 2 aliphatic heterocycles. The average Bonchev–Trinajstić information content (AvgIpc) is 2.76. The van der Waals surface area contributed by atoms with Gasteiger partial charge in [-0.15, -0.1) is 0 Å². The Bertz CT molecular complexity index is 594. The van der Waals surface area contributed by atoms with Gasteiger partial charge in [-0.3, -0.25) is 9.79 Å². The van der Waals surface area contributed by atoms with Crippen molar-refractivity contribution in [2.24, 2.45) is 32.9 Å². The number of hydrogen-bond donors (Lipinski definition) is 1. The van der Waals surface area contributed by atoms with Crippen LogP contribution in [-0.4, -0.2) is 29.2 Å². The molecule has 4 heteroatoms. The Balaban J connectivity index is 2.77. The molecule has 1 amide bonds. The smallest absolute Gasteiger partial charge is 0.226 e. The fraction of sp³-hybridized carbons (Fsp3) is 0.800. The molecule has 2 unspecified atom stereocenters. The van der Waals surface area contributed by atoms with Crippen LogP contribution >= 0.6 is 0 Å². The molecule has 2 heterocycles. The minimum absolute atomic E-state index is 0.0109. The normalized spacial score (nSPS) is 25.7. The number of amidine groups is 1. The molecule has 2 atom stereocenters. The van der Waals surface area contributed by atoms with Crippen molar-refractivity contribution in [1.29, 1.82) is 0 Å². The molecule has 4 nitrogen and oxygen atoms in total. The largest absolute Gasteiger partial charge is 0.369 e. The van der Waals surface area contributed by atoms with E-state index in [2.05, 4.69) is 67.2 Å². The van der Waals surface area contributed by atoms with Gasteiger partial charge in [0.1, 0.15) is 5.84 Å². The lowest BCUT2D eigenvalue weighted by atomic mass is 9.69. The highest BCUT2D eigenvalue weighted by atomic mass is 16.1. The Morgan fingerprint density at radius 1 is 1.04 bits per heavy atom. The zero-order chi connectivity index (χ0) is 18.7. The van der Waals surface area contributed by atoms with E-state index in [1.54, 1.807) is 0 Å². The lowest BCUT2D eigenvalue weighted by molar-refractivity contribution is -0.120. The second kappa shape index (κ2) is 5.60. The number of primary amides is 1. The lowest BCUT2D eigenvalue weighted by Gasteiger charge is -2.46. The molecule has 0 aromatic heterocycles. The number of nitrogens with zero attached hydrogens (tertiary/aromatic N) is 2. The highest BCUT2D eigenvalue weighted by Gasteiger charge is 2.48. The fourth-order valence-electron chi connectivity index (χ4n) is 3.95. The Kier molecular flexibility index (Phi) is 4.44. The molecule has 0 aliphatic carbocycles. The summed E-state index contributed by atoms with van der Waals surface area (Å²) in [5.74, 6) is 0.683. The van der Waals surface area contributed by atoms with Crippen molar-refractivity contribution >= 4 is 11.7 Å². The van der Waals surface area contributed by atoms with Gasteiger partial charge in [0.05, 0.1) is 12.0 Å². The molecule has 136 valence electrons. The third-order valence-corrected chi connectivity index (χ3v) is 4.96. The van der Waals surface area contributed by atoms with Crippen molar-refractivity contribution in [2.75, 3.05) is 6.54 Å². The van der Waals surface area contributed by atoms with Crippen molar-refractivity contribution in [2.45, 2.75) is 74.8 Å². The van der Waals surface area contributed by atoms with E-state index in [1.165, 1.54) is 5.57 Å². The van der Waals surface area contributed by atoms with Crippen molar-refractivity contribution in [3.63, 3.8) is 0 Å². The van der Waals surface area contributed by atoms with Gasteiger partial charge in [-0.05, 0) is 22.8 Å². The second-order valence-corrected chi connectivity index (χ2v) is 10.4. The molecule has 2 rings (SSSR count). The first-order valence-electron chi connectivity index (χ1n) is 9.05. The van der Waals surface area contributed by atoms with E-state index in [4.69, 9.17) is 10.7 Å². The highest BCUT2D eigenvalue weighted by Crippen LogP contribution is 2.48. The van der Waals surface area contributed by atoms with Crippen LogP contribution < -0.4 is 5.73 Å². The topological polar surface area (TPSA) is 58.7 Å². The first-order chi connectivity index (χ1) is 10.7. The van der Waals surface area contributed by atoms with Gasteiger partial charge >= 0.3 is 0 Å². The summed E-state index contributed by atoms with van der Waals surface area (Å²) < 4.78 is 0. The summed E-state index contributed by atoms with van der Waals surface area (Å²) in [6, 6.07) is 0.0675. The van der Waals surface area contributed by atoms with Crippen LogP contribution in [0.1, 0.15) is 68.7 Å². The van der Waals surface area contributed by atoms with Gasteiger partial charge in [-0.25, -0.2) is 0 Å². The predicted molar refractivity (Wildman–Crippen MR) is 101 cm³/mol. The van der Waals surface area contributed by atoms with E-state index in [-0.39, 0.29) is 34.1 Å². The van der Waals surface area contributed by atoms with Gasteiger partial charge in [0.2, 0.25) is 5.91 Å². The lowest BCUT2D eigenvalue weighted by Crippen LogP contribution is -2.48. The molecule has 2 aliphatic rings. The highest BCUT2D eigenvalue weighted by molar-refractivity contribution is 5.93. The van der Waals surface area contributed by atoms with E-state index in [0.717, 1.165) is 24.5 Å². The van der Waals surface area contributed by atoms with Gasteiger partial charge in [0.15, 0.2) is 0 Å². The summed E-state index contributed by atoms with van der Waals surface area (Å²) in [5, 5.41) is 0. The van der Waals surface area contributed by atoms with Crippen molar-refractivity contribution in [1.82, 2.24) is 4.90 Å². The number of nitrogens with two attached hydrogens (primary N) is 1. The third-order valence-electron chi connectivity index (χ3n) is 4.96. The van der Waals surface area contributed by atoms with Gasteiger partial charge in [0, 0.05) is 17.7 Å². The zero-order valence-electron chi connectivity index (χ0n) is 16.9. The summed E-state index contributed by atoms with van der Waals surface area (Å²) in [7, 11) is 0. The van der Waals surface area contributed by atoms with Gasteiger partial charge in [-0.2, -0.15) is 0 Å². The molecule has 0 aromatic rings. The maximum atomic E-state index is 12.2. The van der Waals surface area contributed by atoms with Crippen LogP contribution in [0.4, 0.5) is 0 Å². The third kappa shape index (κ3) is 3.25. The van der Waals surface area contributed by atoms with Crippen LogP contribution in [0.2, 0.25) is 0 Å². The molecule has 0 saturated carbocycles. The van der Waals surface area contributed by atoms with Gasteiger partial charge < -0.3 is 10.6 Å². The summed E-state index contributed by atoms with van der Waals surface area (Å²) in [5.41, 5.74) is 8.06. The molecule has 0 spiro atoms. The molecular formula is C20H35N3O. The number of amides is 1. The molecule has 24 heavy (non-hydrogen) atoms. The average molecular weight is 334 g/mol. The van der Waals surface area contributed by atoms with Gasteiger partial charge in [0.25, 0.3) is 0 Å². The minimum Gasteiger partial charge on any atom is -0.369 e. The molecular weight excluding hydrogens is 298 g/mol. The van der Waals surface area contributed by atoms with Crippen LogP contribution in [0.3, 0.4) is 0 Å². The molecule has 0 radical (unpaired) electrons. The SMILES string of the molecule is CC(C)(C)C1=NC(C(C)(C)C)C(C(C)(C)C)=C2C(C(N)=O)CCN12. The van der Waals surface area contributed by atoms with E-state index in [9.17, 15) is 4.79 Å². The van der Waals surface area contributed by atoms with Crippen LogP contribution in [0.15, 0.2) is 16.3 Å². The van der Waals surface area contributed by atoms with Crippen molar-refractivity contribution < 1.29 is 4.79 Å². The van der Waals surface area contributed by atoms with Crippen LogP contribution in [-0.2, 0) is 4.79 Å². The van der Waals surface area contributed by atoms with E-state index in [0.29, 0.717) is 0 Å². The van der Waals surface area contributed by atoms with E-state index in [1.807, 2.05) is 0 Å². The Labute approximate surface area is 147 Å². The maximum absolute atomic E-state index is 12.2. The number of fused-ring (bicyclic) bond motifs is 1. The quantitative estimate of drug-likeness (QED) is 0.789. The summed E-state index contributed by atoms with van der Waals surface area (Å²) in [4.78, 5) is 19.7. The Morgan fingerprint density at radius 2 is 1.58 bits per heavy atom. The van der Waals surface area contributed by atoms with Crippen LogP contribution in [0.5, 0.6) is 0 Å². The first-order valence-corrected chi connectivity index (χ1v) is 9.05. The molecule has 1 saturated heterocycles. The number of carbonyl (C=O) groups is 1. The van der Waals surface area contributed by atoms with E-state index < -0.39 is 0 Å². The molecule has 1 fully saturated rings. The van der Waals surface area contributed by atoms with E-state index >= 15 is 0 Å². The zero-order valence-corrected chi connectivity index (χ0v) is 16.9. The molecule has 0 aromatic carbocycles. The molecule has 2 N–H and O–H groups in total. The summed E-state index contributed by atoms with van der Waals surface area (Å²) >= 11 is 0. The molecule has 0 bridgehead atoms. The summed E-state index contributed by atoms with van der Waals surface area (Å²) in [6.07, 6.45) is 0.788. The fourth-order valence-corrected chi connectivity index (χ4v) is 3.95. The van der Waals surface area contributed by atoms with Crippen LogP contribution in [0.25, 0.3) is 0 Å². The number of aliphatic imine (C=N–C) groups is 1. The van der Waals surface area contributed by atoms with Crippen molar-refractivity contribution in [3.8, 4) is 0 Å². The van der Waals surface area contributed by atoms with Crippen molar-refractivity contribution in [3.05, 3.63) is 11.3 Å². The number of carbonyl (C=O) groups excluding carboxylic acids is 1. The van der Waals surface area contributed by atoms with Gasteiger partial charge in [-0.1, -0.05) is 62.3 Å². The predicted octanol–water partition coefficient (Wildman–Crippen LogP) is 3.97. The number of hydrogen-bond acceptors (Lipinski definition) is 3. The number of rotatable bonds is 1. The first kappa shape index (κ1) is 19.0. The maximum Gasteiger partial charge on any atom is 0.226 e. The monoisotopic (exact) mass is 333 g/mol. The minimum atomic E-state index is -0.211. The van der Waals surface area contributed by atoms with Crippen LogP contribution in [0, 0.1) is 22.2 Å². The second-order valence-electron chi connectivity index (χ2n) is 10.4.